The minimum absolute atomic E-state index is 0.144. The van der Waals surface area contributed by atoms with E-state index in [1.54, 1.807) is 0 Å². The van der Waals surface area contributed by atoms with Crippen molar-refractivity contribution in [1.82, 2.24) is 0 Å². The fourth-order valence-electron chi connectivity index (χ4n) is 9.49. The monoisotopic (exact) mass is 608 g/mol. The lowest BCUT2D eigenvalue weighted by molar-refractivity contribution is -0.253. The number of epoxide rings is 2. The molecule has 2 aliphatic heterocycles. The molecule has 44 heavy (non-hydrogen) atoms. The first-order chi connectivity index (χ1) is 20.2. The Labute approximate surface area is 268 Å². The second-order valence-corrected chi connectivity index (χ2v) is 17.5. The highest BCUT2D eigenvalue weighted by molar-refractivity contribution is 5.28. The molecular weight excluding hydrogens is 548 g/mol. The lowest BCUT2D eigenvalue weighted by Crippen LogP contribution is -2.67. The van der Waals surface area contributed by atoms with Crippen LogP contribution >= 0.6 is 0 Å². The molecule has 0 spiro atoms. The third kappa shape index (κ3) is 6.17. The van der Waals surface area contributed by atoms with Crippen molar-refractivity contribution in [1.29, 1.82) is 0 Å². The van der Waals surface area contributed by atoms with Gasteiger partial charge in [0.2, 0.25) is 0 Å². The Morgan fingerprint density at radius 1 is 0.568 bits per heavy atom. The van der Waals surface area contributed by atoms with Crippen LogP contribution in [0.4, 0.5) is 0 Å². The van der Waals surface area contributed by atoms with Gasteiger partial charge in [-0.1, -0.05) is 144 Å². The van der Waals surface area contributed by atoms with Crippen molar-refractivity contribution in [2.75, 3.05) is 26.4 Å². The lowest BCUT2D eigenvalue weighted by Gasteiger charge is -2.57. The molecule has 2 saturated heterocycles. The largest absolute Gasteiger partial charge is 0.388 e. The van der Waals surface area contributed by atoms with E-state index < -0.39 is 28.5 Å². The van der Waals surface area contributed by atoms with Crippen LogP contribution in [0.5, 0.6) is 0 Å². The van der Waals surface area contributed by atoms with Gasteiger partial charge in [-0.2, -0.15) is 0 Å². The minimum atomic E-state index is -0.830. The molecular formula is C39H60O5. The van der Waals surface area contributed by atoms with Crippen LogP contribution in [-0.2, 0) is 31.8 Å². The highest BCUT2D eigenvalue weighted by Gasteiger charge is 2.73. The quantitative estimate of drug-likeness (QED) is 0.247. The smallest absolute Gasteiger partial charge is 0.125 e. The van der Waals surface area contributed by atoms with E-state index in [-0.39, 0.29) is 34.9 Å². The van der Waals surface area contributed by atoms with Crippen LogP contribution in [0.25, 0.3) is 0 Å². The van der Waals surface area contributed by atoms with Gasteiger partial charge in [-0.05, 0) is 32.8 Å². The van der Waals surface area contributed by atoms with Crippen LogP contribution in [-0.4, -0.2) is 60.0 Å². The second kappa shape index (κ2) is 11.8. The van der Waals surface area contributed by atoms with E-state index in [0.29, 0.717) is 13.2 Å². The van der Waals surface area contributed by atoms with Crippen molar-refractivity contribution in [2.24, 2.45) is 21.7 Å². The van der Waals surface area contributed by atoms with E-state index in [0.717, 1.165) is 12.8 Å². The summed E-state index contributed by atoms with van der Waals surface area (Å²) in [5.41, 5.74) is -1.00. The van der Waals surface area contributed by atoms with Gasteiger partial charge in [-0.15, -0.1) is 0 Å². The number of ether oxygens (including phenoxy) is 4. The molecule has 4 rings (SSSR count). The first-order valence-electron chi connectivity index (χ1n) is 16.5. The fraction of sp³-hybridized carbons (Fsp3) is 0.692. The molecule has 0 radical (unpaired) electrons. The van der Waals surface area contributed by atoms with E-state index in [2.05, 4.69) is 132 Å². The van der Waals surface area contributed by atoms with Gasteiger partial charge in [0.05, 0.1) is 26.4 Å². The highest BCUT2D eigenvalue weighted by atomic mass is 16.6. The summed E-state index contributed by atoms with van der Waals surface area (Å²) in [5.74, 6) is 0. The molecule has 2 atom stereocenters. The second-order valence-electron chi connectivity index (χ2n) is 17.5. The Hall–Kier alpha value is -1.76. The number of benzene rings is 2. The fourth-order valence-corrected chi connectivity index (χ4v) is 9.49. The maximum absolute atomic E-state index is 11.7. The summed E-state index contributed by atoms with van der Waals surface area (Å²) in [6, 6.07) is 21.0. The summed E-state index contributed by atoms with van der Waals surface area (Å²) in [7, 11) is 0. The summed E-state index contributed by atoms with van der Waals surface area (Å²) in [4.78, 5) is 0. The normalized spacial score (nSPS) is 23.8. The minimum Gasteiger partial charge on any atom is -0.388 e. The van der Waals surface area contributed by atoms with Crippen LogP contribution in [0.3, 0.4) is 0 Å². The van der Waals surface area contributed by atoms with E-state index in [1.165, 1.54) is 11.1 Å². The van der Waals surface area contributed by atoms with Crippen LogP contribution < -0.4 is 0 Å². The van der Waals surface area contributed by atoms with Crippen LogP contribution in [0.1, 0.15) is 94.2 Å². The van der Waals surface area contributed by atoms with E-state index >= 15 is 0 Å². The van der Waals surface area contributed by atoms with Crippen molar-refractivity contribution in [3.8, 4) is 0 Å². The van der Waals surface area contributed by atoms with E-state index in [1.807, 2.05) is 12.1 Å². The first kappa shape index (κ1) is 35.1. The van der Waals surface area contributed by atoms with Gasteiger partial charge in [0.1, 0.15) is 28.5 Å². The molecule has 0 aliphatic carbocycles. The molecule has 246 valence electrons. The summed E-state index contributed by atoms with van der Waals surface area (Å²) in [6.07, 6.45) is 0.681. The van der Waals surface area contributed by atoms with Gasteiger partial charge in [-0.25, -0.2) is 0 Å². The molecule has 2 heterocycles. The number of aliphatic hydroxyl groups excluding tert-OH is 1. The number of hydrogen-bond acceptors (Lipinski definition) is 5. The lowest BCUT2D eigenvalue weighted by atomic mass is 9.55. The summed E-state index contributed by atoms with van der Waals surface area (Å²) in [6.45, 7) is 28.3. The van der Waals surface area contributed by atoms with Gasteiger partial charge in [0, 0.05) is 12.8 Å². The summed E-state index contributed by atoms with van der Waals surface area (Å²) >= 11 is 0. The zero-order valence-electron chi connectivity index (χ0n) is 29.7. The van der Waals surface area contributed by atoms with Gasteiger partial charge in [0.25, 0.3) is 0 Å². The van der Waals surface area contributed by atoms with Gasteiger partial charge in [0.15, 0.2) is 0 Å². The van der Waals surface area contributed by atoms with Crippen molar-refractivity contribution in [3.63, 3.8) is 0 Å². The van der Waals surface area contributed by atoms with Crippen molar-refractivity contribution >= 4 is 0 Å². The number of hydrogen-bond donors (Lipinski definition) is 1. The van der Waals surface area contributed by atoms with Crippen LogP contribution in [0.2, 0.25) is 0 Å². The highest BCUT2D eigenvalue weighted by Crippen LogP contribution is 2.62. The number of aliphatic hydroxyl groups is 1. The topological polar surface area (TPSA) is 63.8 Å². The SMILES string of the molecule is CC(C)(C)C(OCC(O)COC(C(C)(C)C)(C(C)(C)C)C1(Cc2ccccc2)CO1)(C(C)(C)C)C1(Cc2ccccc2)CO1. The average molecular weight is 609 g/mol. The molecule has 1 N–H and O–H groups in total. The van der Waals surface area contributed by atoms with Crippen LogP contribution in [0.15, 0.2) is 60.7 Å². The van der Waals surface area contributed by atoms with Crippen LogP contribution in [0, 0.1) is 21.7 Å². The van der Waals surface area contributed by atoms with Crippen molar-refractivity contribution in [3.05, 3.63) is 71.8 Å². The van der Waals surface area contributed by atoms with Crippen molar-refractivity contribution < 1.29 is 24.1 Å². The predicted octanol–water partition coefficient (Wildman–Crippen LogP) is 8.07. The molecule has 2 fully saturated rings. The Balaban J connectivity index is 1.61. The van der Waals surface area contributed by atoms with Gasteiger partial charge in [-0.3, -0.25) is 0 Å². The zero-order chi connectivity index (χ0) is 32.9. The van der Waals surface area contributed by atoms with Gasteiger partial charge >= 0.3 is 0 Å². The predicted molar refractivity (Wildman–Crippen MR) is 179 cm³/mol. The Bertz CT molecular complexity index is 1090. The molecule has 0 bridgehead atoms. The molecule has 2 unspecified atom stereocenters. The Morgan fingerprint density at radius 3 is 1.07 bits per heavy atom. The third-order valence-corrected chi connectivity index (χ3v) is 10.1. The Morgan fingerprint density at radius 2 is 0.841 bits per heavy atom. The molecule has 5 nitrogen and oxygen atoms in total. The summed E-state index contributed by atoms with van der Waals surface area (Å²) < 4.78 is 27.0. The molecule has 0 aromatic heterocycles. The first-order valence-corrected chi connectivity index (χ1v) is 16.5. The van der Waals surface area contributed by atoms with E-state index in [9.17, 15) is 5.11 Å². The molecule has 2 aromatic rings. The molecule has 2 aromatic carbocycles. The molecule has 0 amide bonds. The number of rotatable bonds is 12. The standard InChI is InChI=1S/C39H60O5/c1-32(2,3)38(33(4,5)6,36(27-43-36)23-29-19-15-13-16-20-29)41-25-31(40)26-42-39(34(7,8)9,35(10,11)12)37(28-44-37)24-30-21-17-14-18-22-30/h13-22,31,40H,23-28H2,1-12H3. The molecule has 5 heteroatoms. The molecule has 0 saturated carbocycles. The van der Waals surface area contributed by atoms with E-state index in [4.69, 9.17) is 18.9 Å². The van der Waals surface area contributed by atoms with Crippen molar-refractivity contribution in [2.45, 2.75) is 124 Å². The maximum atomic E-state index is 11.7. The summed E-state index contributed by atoms with van der Waals surface area (Å²) in [5, 5.41) is 11.7. The Kier molecular flexibility index (Phi) is 9.41. The maximum Gasteiger partial charge on any atom is 0.125 e. The third-order valence-electron chi connectivity index (χ3n) is 10.1. The zero-order valence-corrected chi connectivity index (χ0v) is 29.7. The van der Waals surface area contributed by atoms with Gasteiger partial charge < -0.3 is 24.1 Å². The average Bonchev–Trinajstić information content (AvgIpc) is 3.81. The molecule has 2 aliphatic rings.